The lowest BCUT2D eigenvalue weighted by molar-refractivity contribution is -0.120. The van der Waals surface area contributed by atoms with Crippen LogP contribution >= 0.6 is 12.2 Å². The third kappa shape index (κ3) is 4.66. The Hall–Kier alpha value is -1.37. The number of anilines is 1. The van der Waals surface area contributed by atoms with Crippen molar-refractivity contribution in [2.75, 3.05) is 11.4 Å². The topological polar surface area (TPSA) is 42.1 Å². The van der Waals surface area contributed by atoms with Gasteiger partial charge >= 0.3 is 6.18 Å². The van der Waals surface area contributed by atoms with Gasteiger partial charge < -0.3 is 10.6 Å². The first-order chi connectivity index (χ1) is 8.60. The van der Waals surface area contributed by atoms with Crippen LogP contribution in [0.15, 0.2) is 12.1 Å². The minimum absolute atomic E-state index is 0.141. The number of nitrogens with zero attached hydrogens (tertiary/aromatic N) is 2. The van der Waals surface area contributed by atoms with Gasteiger partial charge in [-0.25, -0.2) is 4.98 Å². The fraction of sp³-hybridized carbons (Fsp3) is 0.500. The van der Waals surface area contributed by atoms with Gasteiger partial charge in [-0.1, -0.05) is 12.2 Å². The molecule has 1 heterocycles. The van der Waals surface area contributed by atoms with Crippen LogP contribution in [0.1, 0.15) is 25.1 Å². The maximum absolute atomic E-state index is 12.6. The van der Waals surface area contributed by atoms with Gasteiger partial charge in [-0.05, 0) is 32.9 Å². The van der Waals surface area contributed by atoms with E-state index in [1.807, 2.05) is 0 Å². The van der Waals surface area contributed by atoms with Gasteiger partial charge in [0.05, 0.1) is 0 Å². The van der Waals surface area contributed by atoms with Crippen LogP contribution < -0.4 is 10.6 Å². The summed E-state index contributed by atoms with van der Waals surface area (Å²) in [6.07, 6.45) is -4.29. The van der Waals surface area contributed by atoms with Crippen molar-refractivity contribution < 1.29 is 13.2 Å². The number of rotatable bonds is 4. The summed E-state index contributed by atoms with van der Waals surface area (Å²) in [5, 5.41) is 0. The van der Waals surface area contributed by atoms with Gasteiger partial charge in [0.2, 0.25) is 0 Å². The van der Waals surface area contributed by atoms with Crippen LogP contribution in [0, 0.1) is 6.92 Å². The third-order valence-corrected chi connectivity index (χ3v) is 2.73. The molecule has 3 nitrogen and oxygen atoms in total. The zero-order valence-corrected chi connectivity index (χ0v) is 11.8. The molecule has 0 saturated carbocycles. The number of nitrogens with two attached hydrogens (primary N) is 1. The smallest absolute Gasteiger partial charge is 0.389 e. The molecule has 0 amide bonds. The Labute approximate surface area is 115 Å². The van der Waals surface area contributed by atoms with Crippen molar-refractivity contribution in [3.8, 4) is 0 Å². The quantitative estimate of drug-likeness (QED) is 0.866. The number of alkyl halides is 3. The number of hydrogen-bond acceptors (Lipinski definition) is 3. The first-order valence-electron chi connectivity index (χ1n) is 5.72. The Morgan fingerprint density at radius 1 is 1.42 bits per heavy atom. The highest BCUT2D eigenvalue weighted by Crippen LogP contribution is 2.24. The SMILES string of the molecule is Cc1cc(C(N)=S)cc(N(CC(F)(F)F)C(C)C)n1. The Balaban J connectivity index is 3.19. The van der Waals surface area contributed by atoms with Gasteiger partial charge in [0.1, 0.15) is 17.4 Å². The van der Waals surface area contributed by atoms with Gasteiger partial charge in [-0.2, -0.15) is 13.2 Å². The molecule has 0 saturated heterocycles. The number of pyridine rings is 1. The summed E-state index contributed by atoms with van der Waals surface area (Å²) < 4.78 is 37.8. The molecule has 0 fully saturated rings. The maximum Gasteiger partial charge on any atom is 0.405 e. The molecule has 1 aromatic rings. The predicted molar refractivity (Wildman–Crippen MR) is 73.4 cm³/mol. The second-order valence-corrected chi connectivity index (χ2v) is 5.00. The summed E-state index contributed by atoms with van der Waals surface area (Å²) >= 11 is 4.85. The highest BCUT2D eigenvalue weighted by Gasteiger charge is 2.32. The molecule has 0 spiro atoms. The van der Waals surface area contributed by atoms with Crippen LogP contribution in [-0.4, -0.2) is 28.7 Å². The van der Waals surface area contributed by atoms with Crippen molar-refractivity contribution in [1.29, 1.82) is 0 Å². The molecule has 7 heteroatoms. The molecule has 2 N–H and O–H groups in total. The summed E-state index contributed by atoms with van der Waals surface area (Å²) in [4.78, 5) is 5.45. The van der Waals surface area contributed by atoms with Crippen molar-refractivity contribution in [2.45, 2.75) is 33.0 Å². The van der Waals surface area contributed by atoms with Gasteiger partial charge in [-0.15, -0.1) is 0 Å². The minimum Gasteiger partial charge on any atom is -0.389 e. The van der Waals surface area contributed by atoms with Crippen molar-refractivity contribution in [3.05, 3.63) is 23.4 Å². The number of thiocarbonyl (C=S) groups is 1. The molecule has 106 valence electrons. The van der Waals surface area contributed by atoms with E-state index in [0.29, 0.717) is 11.3 Å². The maximum atomic E-state index is 12.6. The lowest BCUT2D eigenvalue weighted by Gasteiger charge is -2.29. The van der Waals surface area contributed by atoms with Crippen molar-refractivity contribution in [1.82, 2.24) is 4.98 Å². The second-order valence-electron chi connectivity index (χ2n) is 4.56. The van der Waals surface area contributed by atoms with Gasteiger partial charge in [0.25, 0.3) is 0 Å². The number of aryl methyl sites for hydroxylation is 1. The van der Waals surface area contributed by atoms with Crippen molar-refractivity contribution >= 4 is 23.0 Å². The normalized spacial score (nSPS) is 11.7. The minimum atomic E-state index is -4.29. The van der Waals surface area contributed by atoms with Crippen LogP contribution in [0.5, 0.6) is 0 Å². The fourth-order valence-electron chi connectivity index (χ4n) is 1.66. The molecule has 0 atom stereocenters. The summed E-state index contributed by atoms with van der Waals surface area (Å²) in [5.41, 5.74) is 6.61. The van der Waals surface area contributed by atoms with E-state index in [4.69, 9.17) is 18.0 Å². The van der Waals surface area contributed by atoms with Crippen LogP contribution in [0.3, 0.4) is 0 Å². The molecular weight excluding hydrogens is 275 g/mol. The zero-order chi connectivity index (χ0) is 14.8. The van der Waals surface area contributed by atoms with Gasteiger partial charge in [0, 0.05) is 17.3 Å². The molecule has 1 aromatic heterocycles. The molecule has 0 aliphatic carbocycles. The van der Waals surface area contributed by atoms with Crippen LogP contribution in [0.25, 0.3) is 0 Å². The number of hydrogen-bond donors (Lipinski definition) is 1. The summed E-state index contributed by atoms with van der Waals surface area (Å²) in [6.45, 7) is 3.99. The van der Waals surface area contributed by atoms with Crippen LogP contribution in [0.4, 0.5) is 19.0 Å². The van der Waals surface area contributed by atoms with E-state index in [0.717, 1.165) is 0 Å². The predicted octanol–water partition coefficient (Wildman–Crippen LogP) is 2.80. The lowest BCUT2D eigenvalue weighted by Crippen LogP contribution is -2.39. The molecule has 19 heavy (non-hydrogen) atoms. The third-order valence-electron chi connectivity index (χ3n) is 2.49. The Morgan fingerprint density at radius 2 is 2.00 bits per heavy atom. The van der Waals surface area contributed by atoms with E-state index in [-0.39, 0.29) is 16.8 Å². The molecule has 1 rings (SSSR count). The van der Waals surface area contributed by atoms with E-state index in [9.17, 15) is 13.2 Å². The Bertz CT molecular complexity index is 472. The summed E-state index contributed by atoms with van der Waals surface area (Å²) in [7, 11) is 0. The Kier molecular flexibility index (Phi) is 4.73. The van der Waals surface area contributed by atoms with E-state index in [1.54, 1.807) is 26.8 Å². The van der Waals surface area contributed by atoms with Crippen LogP contribution in [-0.2, 0) is 0 Å². The molecule has 0 aliphatic rings. The molecular formula is C12H16F3N3S. The number of halogens is 3. The standard InChI is InChI=1S/C12H16F3N3S/c1-7(2)18(6-12(13,14)15)10-5-9(11(16)19)4-8(3)17-10/h4-5,7H,6H2,1-3H3,(H2,16,19). The van der Waals surface area contributed by atoms with E-state index >= 15 is 0 Å². The molecule has 0 aliphatic heterocycles. The first-order valence-corrected chi connectivity index (χ1v) is 6.13. The monoisotopic (exact) mass is 291 g/mol. The number of aromatic nitrogens is 1. The average molecular weight is 291 g/mol. The van der Waals surface area contributed by atoms with Crippen molar-refractivity contribution in [3.63, 3.8) is 0 Å². The fourth-order valence-corrected chi connectivity index (χ4v) is 1.78. The van der Waals surface area contributed by atoms with Crippen LogP contribution in [0.2, 0.25) is 0 Å². The summed E-state index contributed by atoms with van der Waals surface area (Å²) in [6, 6.07) is 2.80. The average Bonchev–Trinajstić information content (AvgIpc) is 2.23. The van der Waals surface area contributed by atoms with Gasteiger partial charge in [-0.3, -0.25) is 0 Å². The molecule has 0 aromatic carbocycles. The first kappa shape index (κ1) is 15.7. The van der Waals surface area contributed by atoms with E-state index in [2.05, 4.69) is 4.98 Å². The highest BCUT2D eigenvalue weighted by molar-refractivity contribution is 7.80. The van der Waals surface area contributed by atoms with E-state index < -0.39 is 12.7 Å². The highest BCUT2D eigenvalue weighted by atomic mass is 32.1. The van der Waals surface area contributed by atoms with Crippen molar-refractivity contribution in [2.24, 2.45) is 5.73 Å². The Morgan fingerprint density at radius 3 is 2.42 bits per heavy atom. The summed E-state index contributed by atoms with van der Waals surface area (Å²) in [5.74, 6) is 0.232. The molecule has 0 bridgehead atoms. The van der Waals surface area contributed by atoms with Gasteiger partial charge in [0.15, 0.2) is 0 Å². The second kappa shape index (κ2) is 5.73. The lowest BCUT2D eigenvalue weighted by atomic mass is 10.2. The molecule has 0 radical (unpaired) electrons. The zero-order valence-electron chi connectivity index (χ0n) is 11.0. The molecule has 0 unspecified atom stereocenters. The largest absolute Gasteiger partial charge is 0.405 e. The van der Waals surface area contributed by atoms with E-state index in [1.165, 1.54) is 11.0 Å².